The summed E-state index contributed by atoms with van der Waals surface area (Å²) in [7, 11) is 0. The second-order valence-electron chi connectivity index (χ2n) is 5.98. The van der Waals surface area contributed by atoms with Gasteiger partial charge in [0, 0.05) is 11.9 Å². The molecule has 29 heavy (non-hydrogen) atoms. The van der Waals surface area contributed by atoms with E-state index in [1.54, 1.807) is 24.3 Å². The number of H-pyrrole nitrogens is 1. The first-order valence-corrected chi connectivity index (χ1v) is 9.37. The number of carbonyl (C=O) groups excluding carboxylic acids is 1. The number of para-hydroxylation sites is 1. The third kappa shape index (κ3) is 4.12. The molecule has 0 aliphatic rings. The monoisotopic (exact) mass is 449 g/mol. The number of aromatic nitrogens is 3. The van der Waals surface area contributed by atoms with Crippen molar-refractivity contribution in [2.75, 3.05) is 10.6 Å². The summed E-state index contributed by atoms with van der Waals surface area (Å²) in [5, 5.41) is 6.43. The highest BCUT2D eigenvalue weighted by Crippen LogP contribution is 2.32. The molecular formula is C19H11Cl3FN5O. The number of hydrogen-bond donors (Lipinski definition) is 3. The molecule has 0 saturated carbocycles. The molecule has 0 aliphatic heterocycles. The van der Waals surface area contributed by atoms with E-state index in [-0.39, 0.29) is 16.3 Å². The van der Waals surface area contributed by atoms with E-state index in [1.165, 1.54) is 18.3 Å². The lowest BCUT2D eigenvalue weighted by Gasteiger charge is -2.06. The molecule has 2 heterocycles. The van der Waals surface area contributed by atoms with Crippen LogP contribution in [-0.2, 0) is 0 Å². The number of halogens is 4. The van der Waals surface area contributed by atoms with Gasteiger partial charge in [0.25, 0.3) is 5.91 Å². The first-order chi connectivity index (χ1) is 13.9. The highest BCUT2D eigenvalue weighted by atomic mass is 35.5. The molecule has 3 N–H and O–H groups in total. The normalized spacial score (nSPS) is 10.9. The minimum atomic E-state index is -0.626. The van der Waals surface area contributed by atoms with Gasteiger partial charge in [-0.3, -0.25) is 4.79 Å². The fraction of sp³-hybridized carbons (Fsp3) is 0. The van der Waals surface area contributed by atoms with Crippen molar-refractivity contribution in [1.82, 2.24) is 15.0 Å². The molecule has 1 amide bonds. The highest BCUT2D eigenvalue weighted by molar-refractivity contribution is 6.39. The number of anilines is 3. The maximum Gasteiger partial charge on any atom is 0.257 e. The summed E-state index contributed by atoms with van der Waals surface area (Å²) < 4.78 is 13.5. The molecule has 0 radical (unpaired) electrons. The number of nitrogens with one attached hydrogen (secondary N) is 3. The van der Waals surface area contributed by atoms with Crippen molar-refractivity contribution in [3.63, 3.8) is 0 Å². The lowest BCUT2D eigenvalue weighted by atomic mass is 10.2. The number of aromatic amines is 1. The number of hydrogen-bond acceptors (Lipinski definition) is 4. The third-order valence-electron chi connectivity index (χ3n) is 3.98. The molecule has 0 fully saturated rings. The van der Waals surface area contributed by atoms with Gasteiger partial charge in [-0.1, -0.05) is 40.9 Å². The smallest absolute Gasteiger partial charge is 0.257 e. The van der Waals surface area contributed by atoms with Crippen LogP contribution in [0.2, 0.25) is 15.1 Å². The van der Waals surface area contributed by atoms with E-state index in [1.807, 2.05) is 0 Å². The van der Waals surface area contributed by atoms with Crippen molar-refractivity contribution < 1.29 is 9.18 Å². The van der Waals surface area contributed by atoms with Crippen molar-refractivity contribution in [1.29, 1.82) is 0 Å². The predicted molar refractivity (Wildman–Crippen MR) is 113 cm³/mol. The Bertz CT molecular complexity index is 1220. The molecule has 4 aromatic rings. The van der Waals surface area contributed by atoms with E-state index in [9.17, 15) is 9.18 Å². The Kier molecular flexibility index (Phi) is 5.27. The van der Waals surface area contributed by atoms with Crippen LogP contribution in [-0.4, -0.2) is 20.9 Å². The fourth-order valence-electron chi connectivity index (χ4n) is 2.59. The van der Waals surface area contributed by atoms with Crippen LogP contribution in [0.5, 0.6) is 0 Å². The Hall–Kier alpha value is -2.87. The van der Waals surface area contributed by atoms with E-state index < -0.39 is 11.7 Å². The highest BCUT2D eigenvalue weighted by Gasteiger charge is 2.13. The van der Waals surface area contributed by atoms with Gasteiger partial charge in [0.05, 0.1) is 26.3 Å². The van der Waals surface area contributed by atoms with Gasteiger partial charge >= 0.3 is 0 Å². The Morgan fingerprint density at radius 3 is 2.52 bits per heavy atom. The zero-order valence-electron chi connectivity index (χ0n) is 14.4. The Morgan fingerprint density at radius 2 is 1.79 bits per heavy atom. The molecule has 2 aromatic carbocycles. The molecule has 0 unspecified atom stereocenters. The quantitative estimate of drug-likeness (QED) is 0.353. The number of benzene rings is 2. The largest absolute Gasteiger partial charge is 0.323 e. The van der Waals surface area contributed by atoms with Crippen LogP contribution in [0.4, 0.5) is 21.7 Å². The van der Waals surface area contributed by atoms with Gasteiger partial charge in [-0.15, -0.1) is 0 Å². The van der Waals surface area contributed by atoms with E-state index in [2.05, 4.69) is 25.6 Å². The van der Waals surface area contributed by atoms with Gasteiger partial charge in [-0.05, 0) is 36.4 Å². The average Bonchev–Trinajstić information content (AvgIpc) is 3.09. The van der Waals surface area contributed by atoms with Crippen LogP contribution < -0.4 is 10.6 Å². The SMILES string of the molecule is O=C(Nc1ccc(Cl)c(F)c1)c1cnc2[nH]c(Nc3c(Cl)cccc3Cl)nc2c1. The summed E-state index contributed by atoms with van der Waals surface area (Å²) in [5.74, 6) is -0.730. The lowest BCUT2D eigenvalue weighted by molar-refractivity contribution is 0.102. The van der Waals surface area contributed by atoms with Gasteiger partial charge < -0.3 is 15.6 Å². The lowest BCUT2D eigenvalue weighted by Crippen LogP contribution is -2.12. The molecule has 0 bridgehead atoms. The summed E-state index contributed by atoms with van der Waals surface area (Å²) in [5.41, 5.74) is 1.93. The molecule has 6 nitrogen and oxygen atoms in total. The standard InChI is InChI=1S/C19H11Cl3FN5O/c20-11-5-4-10(7-14(11)23)25-18(29)9-6-15-17(24-8-9)28-19(26-15)27-16-12(21)2-1-3-13(16)22/h1-8H,(H,25,29)(H2,24,26,27,28). The molecule has 4 rings (SSSR count). The number of imidazole rings is 1. The van der Waals surface area contributed by atoms with Gasteiger partial charge in [0.15, 0.2) is 5.65 Å². The topological polar surface area (TPSA) is 82.7 Å². The first-order valence-electron chi connectivity index (χ1n) is 8.24. The van der Waals surface area contributed by atoms with Crippen LogP contribution in [0.3, 0.4) is 0 Å². The number of amides is 1. The van der Waals surface area contributed by atoms with Crippen LogP contribution in [0.15, 0.2) is 48.7 Å². The van der Waals surface area contributed by atoms with Crippen molar-refractivity contribution in [2.24, 2.45) is 0 Å². The van der Waals surface area contributed by atoms with Crippen molar-refractivity contribution in [2.45, 2.75) is 0 Å². The number of nitrogens with zero attached hydrogens (tertiary/aromatic N) is 2. The zero-order valence-corrected chi connectivity index (χ0v) is 16.7. The molecule has 146 valence electrons. The molecule has 10 heteroatoms. The van der Waals surface area contributed by atoms with Crippen molar-refractivity contribution in [3.8, 4) is 0 Å². The number of pyridine rings is 1. The van der Waals surface area contributed by atoms with Crippen LogP contribution in [0.1, 0.15) is 10.4 Å². The average molecular weight is 451 g/mol. The van der Waals surface area contributed by atoms with Crippen molar-refractivity contribution in [3.05, 3.63) is 75.1 Å². The first kappa shape index (κ1) is 19.4. The second-order valence-corrected chi connectivity index (χ2v) is 7.20. The summed E-state index contributed by atoms with van der Waals surface area (Å²) >= 11 is 17.9. The molecule has 2 aromatic heterocycles. The molecule has 0 aliphatic carbocycles. The Balaban J connectivity index is 1.58. The maximum absolute atomic E-state index is 13.5. The van der Waals surface area contributed by atoms with Crippen LogP contribution in [0, 0.1) is 5.82 Å². The summed E-state index contributed by atoms with van der Waals surface area (Å²) in [6.07, 6.45) is 1.38. The predicted octanol–water partition coefficient (Wildman–Crippen LogP) is 6.05. The molecule has 0 saturated heterocycles. The summed E-state index contributed by atoms with van der Waals surface area (Å²) in [6.45, 7) is 0. The van der Waals surface area contributed by atoms with E-state index >= 15 is 0 Å². The van der Waals surface area contributed by atoms with Gasteiger partial charge in [0.1, 0.15) is 11.3 Å². The number of rotatable bonds is 4. The molecular weight excluding hydrogens is 440 g/mol. The van der Waals surface area contributed by atoms with Crippen LogP contribution >= 0.6 is 34.8 Å². The van der Waals surface area contributed by atoms with Gasteiger partial charge in [-0.2, -0.15) is 0 Å². The number of fused-ring (bicyclic) bond motifs is 1. The molecule has 0 spiro atoms. The molecule has 0 atom stereocenters. The minimum Gasteiger partial charge on any atom is -0.323 e. The zero-order chi connectivity index (χ0) is 20.5. The maximum atomic E-state index is 13.5. The fourth-order valence-corrected chi connectivity index (χ4v) is 3.20. The van der Waals surface area contributed by atoms with Crippen LogP contribution in [0.25, 0.3) is 11.2 Å². The minimum absolute atomic E-state index is 0.0266. The van der Waals surface area contributed by atoms with Gasteiger partial charge in [0.2, 0.25) is 5.95 Å². The van der Waals surface area contributed by atoms with E-state index in [0.717, 1.165) is 6.07 Å². The second kappa shape index (κ2) is 7.87. The van der Waals surface area contributed by atoms with Crippen molar-refractivity contribution >= 4 is 69.2 Å². The van der Waals surface area contributed by atoms with E-state index in [0.29, 0.717) is 32.8 Å². The summed E-state index contributed by atoms with van der Waals surface area (Å²) in [4.78, 5) is 24.0. The third-order valence-corrected chi connectivity index (χ3v) is 4.92. The Morgan fingerprint density at radius 1 is 1.03 bits per heavy atom. The summed E-state index contributed by atoms with van der Waals surface area (Å²) in [6, 6.07) is 10.7. The van der Waals surface area contributed by atoms with Gasteiger partial charge in [-0.25, -0.2) is 14.4 Å². The Labute approximate surface area is 179 Å². The van der Waals surface area contributed by atoms with E-state index in [4.69, 9.17) is 34.8 Å². The number of carbonyl (C=O) groups is 1.